The molecule has 2 saturated carbocycles. The van der Waals surface area contributed by atoms with Crippen LogP contribution in [0.25, 0.3) is 0 Å². The highest BCUT2D eigenvalue weighted by Gasteiger charge is 2.36. The molecule has 0 radical (unpaired) electrons. The van der Waals surface area contributed by atoms with Gasteiger partial charge in [0.2, 0.25) is 0 Å². The number of hydrogen-bond donors (Lipinski definition) is 2. The van der Waals surface area contributed by atoms with E-state index in [2.05, 4.69) is 24.1 Å². The third kappa shape index (κ3) is 4.74. The predicted octanol–water partition coefficient (Wildman–Crippen LogP) is 2.34. The third-order valence-corrected chi connectivity index (χ3v) is 5.01. The van der Waals surface area contributed by atoms with Crippen molar-refractivity contribution in [3.8, 4) is 0 Å². The van der Waals surface area contributed by atoms with E-state index in [0.717, 1.165) is 37.8 Å². The Kier molecular flexibility index (Phi) is 5.85. The van der Waals surface area contributed by atoms with Gasteiger partial charge < -0.3 is 10.4 Å². The summed E-state index contributed by atoms with van der Waals surface area (Å²) in [5.41, 5.74) is 0. The highest BCUT2D eigenvalue weighted by molar-refractivity contribution is 5.69. The zero-order valence-corrected chi connectivity index (χ0v) is 13.0. The van der Waals surface area contributed by atoms with E-state index >= 15 is 0 Å². The van der Waals surface area contributed by atoms with Gasteiger partial charge in [0.05, 0.1) is 6.54 Å². The topological polar surface area (TPSA) is 52.6 Å². The SMILES string of the molecule is CCC(CC)CNC1CC(N(CC(=O)O)CC2CC2)C1. The lowest BCUT2D eigenvalue weighted by atomic mass is 9.84. The molecule has 0 spiro atoms. The van der Waals surface area contributed by atoms with E-state index in [1.807, 2.05) is 0 Å². The zero-order valence-electron chi connectivity index (χ0n) is 13.0. The molecule has 0 unspecified atom stereocenters. The Morgan fingerprint density at radius 3 is 2.45 bits per heavy atom. The van der Waals surface area contributed by atoms with Gasteiger partial charge in [-0.3, -0.25) is 9.69 Å². The van der Waals surface area contributed by atoms with Gasteiger partial charge in [0, 0.05) is 18.6 Å². The van der Waals surface area contributed by atoms with E-state index in [0.29, 0.717) is 12.1 Å². The van der Waals surface area contributed by atoms with Gasteiger partial charge in [-0.1, -0.05) is 26.7 Å². The summed E-state index contributed by atoms with van der Waals surface area (Å²) in [7, 11) is 0. The van der Waals surface area contributed by atoms with Crippen molar-refractivity contribution < 1.29 is 9.90 Å². The standard InChI is InChI=1S/C16H30N2O2/c1-3-12(4-2)9-17-14-7-15(8-14)18(11-16(19)20)10-13-5-6-13/h12-15,17H,3-11H2,1-2H3,(H,19,20). The van der Waals surface area contributed by atoms with Crippen LogP contribution in [0.3, 0.4) is 0 Å². The number of rotatable bonds is 10. The highest BCUT2D eigenvalue weighted by Crippen LogP contribution is 2.33. The Hall–Kier alpha value is -0.610. The number of hydrogen-bond acceptors (Lipinski definition) is 3. The second-order valence-electron chi connectivity index (χ2n) is 6.68. The molecule has 0 aromatic carbocycles. The van der Waals surface area contributed by atoms with Gasteiger partial charge in [0.25, 0.3) is 0 Å². The van der Waals surface area contributed by atoms with E-state index in [4.69, 9.17) is 5.11 Å². The number of aliphatic carboxylic acids is 1. The average molecular weight is 282 g/mol. The normalized spacial score (nSPS) is 26.0. The molecule has 0 heterocycles. The van der Waals surface area contributed by atoms with Gasteiger partial charge in [-0.25, -0.2) is 0 Å². The summed E-state index contributed by atoms with van der Waals surface area (Å²) in [5.74, 6) is 0.876. The molecule has 0 aromatic heterocycles. The fourth-order valence-electron chi connectivity index (χ4n) is 3.11. The maximum atomic E-state index is 11.0. The summed E-state index contributed by atoms with van der Waals surface area (Å²) in [6, 6.07) is 1.10. The van der Waals surface area contributed by atoms with Crippen LogP contribution in [0.1, 0.15) is 52.4 Å². The van der Waals surface area contributed by atoms with Crippen LogP contribution in [0.5, 0.6) is 0 Å². The number of carboxylic acid groups (broad SMARTS) is 1. The van der Waals surface area contributed by atoms with Crippen molar-refractivity contribution in [2.24, 2.45) is 11.8 Å². The molecule has 4 heteroatoms. The largest absolute Gasteiger partial charge is 0.480 e. The Labute approximate surface area is 122 Å². The van der Waals surface area contributed by atoms with Gasteiger partial charge in [0.1, 0.15) is 0 Å². The molecule has 2 aliphatic rings. The maximum absolute atomic E-state index is 11.0. The molecule has 0 aromatic rings. The fourth-order valence-corrected chi connectivity index (χ4v) is 3.11. The molecular formula is C16H30N2O2. The quantitative estimate of drug-likeness (QED) is 0.646. The molecule has 4 nitrogen and oxygen atoms in total. The third-order valence-electron chi connectivity index (χ3n) is 5.01. The van der Waals surface area contributed by atoms with E-state index in [1.165, 1.54) is 25.7 Å². The lowest BCUT2D eigenvalue weighted by Gasteiger charge is -2.43. The van der Waals surface area contributed by atoms with Gasteiger partial charge >= 0.3 is 5.97 Å². The second-order valence-corrected chi connectivity index (χ2v) is 6.68. The molecule has 0 atom stereocenters. The number of nitrogens with zero attached hydrogens (tertiary/aromatic N) is 1. The van der Waals surface area contributed by atoms with Crippen molar-refractivity contribution in [1.82, 2.24) is 10.2 Å². The zero-order chi connectivity index (χ0) is 14.5. The first-order valence-electron chi connectivity index (χ1n) is 8.31. The van der Waals surface area contributed by atoms with Crippen molar-refractivity contribution in [3.05, 3.63) is 0 Å². The first-order chi connectivity index (χ1) is 9.62. The monoisotopic (exact) mass is 282 g/mol. The van der Waals surface area contributed by atoms with E-state index in [-0.39, 0.29) is 6.54 Å². The molecule has 0 amide bonds. The van der Waals surface area contributed by atoms with E-state index < -0.39 is 5.97 Å². The highest BCUT2D eigenvalue weighted by atomic mass is 16.4. The minimum atomic E-state index is -0.681. The first-order valence-corrected chi connectivity index (χ1v) is 8.31. The molecule has 0 bridgehead atoms. The summed E-state index contributed by atoms with van der Waals surface area (Å²) >= 11 is 0. The Morgan fingerprint density at radius 1 is 1.30 bits per heavy atom. The molecule has 2 rings (SSSR count). The lowest BCUT2D eigenvalue weighted by Crippen LogP contribution is -2.54. The summed E-state index contributed by atoms with van der Waals surface area (Å²) in [6.45, 7) is 6.84. The van der Waals surface area contributed by atoms with Crippen LogP contribution in [0.4, 0.5) is 0 Å². The molecule has 116 valence electrons. The number of carboxylic acids is 1. The summed E-state index contributed by atoms with van der Waals surface area (Å²) in [5, 5.41) is 12.7. The van der Waals surface area contributed by atoms with Crippen LogP contribution in [-0.2, 0) is 4.79 Å². The molecular weight excluding hydrogens is 252 g/mol. The van der Waals surface area contributed by atoms with Crippen molar-refractivity contribution in [2.75, 3.05) is 19.6 Å². The van der Waals surface area contributed by atoms with Gasteiger partial charge in [-0.05, 0) is 44.1 Å². The van der Waals surface area contributed by atoms with Crippen molar-refractivity contribution in [2.45, 2.75) is 64.5 Å². The minimum absolute atomic E-state index is 0.223. The van der Waals surface area contributed by atoms with Crippen molar-refractivity contribution >= 4 is 5.97 Å². The van der Waals surface area contributed by atoms with Gasteiger partial charge in [0.15, 0.2) is 0 Å². The molecule has 2 N–H and O–H groups in total. The van der Waals surface area contributed by atoms with E-state index in [1.54, 1.807) is 0 Å². The maximum Gasteiger partial charge on any atom is 0.317 e. The molecule has 0 saturated heterocycles. The average Bonchev–Trinajstić information content (AvgIpc) is 3.15. The predicted molar refractivity (Wildman–Crippen MR) is 80.8 cm³/mol. The lowest BCUT2D eigenvalue weighted by molar-refractivity contribution is -0.139. The van der Waals surface area contributed by atoms with E-state index in [9.17, 15) is 4.79 Å². The molecule has 20 heavy (non-hydrogen) atoms. The summed E-state index contributed by atoms with van der Waals surface area (Å²) < 4.78 is 0. The van der Waals surface area contributed by atoms with Crippen molar-refractivity contribution in [1.29, 1.82) is 0 Å². The Bertz CT molecular complexity index is 308. The minimum Gasteiger partial charge on any atom is -0.480 e. The van der Waals surface area contributed by atoms with Gasteiger partial charge in [-0.2, -0.15) is 0 Å². The molecule has 2 fully saturated rings. The summed E-state index contributed by atoms with van der Waals surface area (Å²) in [6.07, 6.45) is 7.32. The first kappa shape index (κ1) is 15.8. The molecule has 0 aliphatic heterocycles. The van der Waals surface area contributed by atoms with Gasteiger partial charge in [-0.15, -0.1) is 0 Å². The Morgan fingerprint density at radius 2 is 1.95 bits per heavy atom. The number of nitrogens with one attached hydrogen (secondary N) is 1. The van der Waals surface area contributed by atoms with Crippen LogP contribution < -0.4 is 5.32 Å². The Balaban J connectivity index is 1.67. The number of carbonyl (C=O) groups is 1. The van der Waals surface area contributed by atoms with Crippen LogP contribution in [0.2, 0.25) is 0 Å². The second kappa shape index (κ2) is 7.41. The van der Waals surface area contributed by atoms with Crippen LogP contribution in [-0.4, -0.2) is 47.7 Å². The van der Waals surface area contributed by atoms with Crippen LogP contribution in [0.15, 0.2) is 0 Å². The van der Waals surface area contributed by atoms with Crippen LogP contribution >= 0.6 is 0 Å². The summed E-state index contributed by atoms with van der Waals surface area (Å²) in [4.78, 5) is 13.2. The van der Waals surface area contributed by atoms with Crippen LogP contribution in [0, 0.1) is 11.8 Å². The molecule has 2 aliphatic carbocycles. The smallest absolute Gasteiger partial charge is 0.317 e. The van der Waals surface area contributed by atoms with Crippen molar-refractivity contribution in [3.63, 3.8) is 0 Å². The fraction of sp³-hybridized carbons (Fsp3) is 0.938.